The number of carbonyl (C=O) groups excluding carboxylic acids is 2. The van der Waals surface area contributed by atoms with Crippen LogP contribution >= 0.6 is 0 Å². The molecule has 124 valence electrons. The van der Waals surface area contributed by atoms with E-state index in [1.54, 1.807) is 0 Å². The van der Waals surface area contributed by atoms with Crippen LogP contribution in [0, 0.1) is 0 Å². The molecule has 2 amide bonds. The number of anilines is 2. The molecule has 3 N–H and O–H groups in total. The lowest BCUT2D eigenvalue weighted by atomic mass is 10.0. The fraction of sp³-hybridized carbons (Fsp3) is 0.222. The maximum Gasteiger partial charge on any atom is 0.216 e. The smallest absolute Gasteiger partial charge is 0.216 e. The quantitative estimate of drug-likeness (QED) is 0.538. The lowest BCUT2D eigenvalue weighted by Crippen LogP contribution is -2.26. The highest BCUT2D eigenvalue weighted by Crippen LogP contribution is 2.27. The molecule has 0 spiro atoms. The predicted molar refractivity (Wildman–Crippen MR) is 101 cm³/mol. The van der Waals surface area contributed by atoms with Crippen LogP contribution in [0.25, 0.3) is 11.1 Å². The lowest BCUT2D eigenvalue weighted by molar-refractivity contribution is -0.119. The van der Waals surface area contributed by atoms with E-state index in [1.807, 2.05) is 56.4 Å². The summed E-state index contributed by atoms with van der Waals surface area (Å²) >= 11 is 0. The third-order valence-corrected chi connectivity index (χ3v) is 3.47. The monoisotopic (exact) mass is 323 g/mol. The van der Waals surface area contributed by atoms with Crippen LogP contribution in [0.15, 0.2) is 48.5 Å². The molecule has 0 aliphatic rings. The highest BCUT2D eigenvalue weighted by atomic mass is 16.2. The van der Waals surface area contributed by atoms with Crippen LogP contribution in [0.3, 0.4) is 0 Å². The highest BCUT2D eigenvalue weighted by molar-refractivity contribution is 6.22. The fourth-order valence-corrected chi connectivity index (χ4v) is 2.29. The summed E-state index contributed by atoms with van der Waals surface area (Å²) in [6.07, 6.45) is 0.431. The minimum atomic E-state index is -0.0502. The van der Waals surface area contributed by atoms with Crippen molar-refractivity contribution < 1.29 is 9.59 Å². The Morgan fingerprint density at radius 2 is 1.67 bits per heavy atom. The first-order chi connectivity index (χ1) is 11.6. The van der Waals surface area contributed by atoms with E-state index in [0.717, 1.165) is 22.5 Å². The maximum atomic E-state index is 11.7. The second kappa shape index (κ2) is 8.77. The van der Waals surface area contributed by atoms with Crippen molar-refractivity contribution in [3.8, 4) is 11.1 Å². The van der Waals surface area contributed by atoms with Gasteiger partial charge in [0, 0.05) is 31.4 Å². The van der Waals surface area contributed by atoms with Gasteiger partial charge >= 0.3 is 0 Å². The zero-order chi connectivity index (χ0) is 17.4. The molecule has 24 heavy (non-hydrogen) atoms. The van der Waals surface area contributed by atoms with Crippen LogP contribution in [0.2, 0.25) is 6.32 Å². The van der Waals surface area contributed by atoms with Crippen LogP contribution in [-0.2, 0) is 9.59 Å². The van der Waals surface area contributed by atoms with Crippen LogP contribution in [0.4, 0.5) is 11.4 Å². The number of rotatable bonds is 7. The highest BCUT2D eigenvalue weighted by Gasteiger charge is 2.06. The Morgan fingerprint density at radius 3 is 2.33 bits per heavy atom. The van der Waals surface area contributed by atoms with E-state index in [0.29, 0.717) is 19.4 Å². The molecule has 0 bridgehead atoms. The molecule has 0 fully saturated rings. The first-order valence-corrected chi connectivity index (χ1v) is 8.07. The zero-order valence-corrected chi connectivity index (χ0v) is 14.1. The average molecular weight is 323 g/mol. The molecule has 6 heteroatoms. The van der Waals surface area contributed by atoms with Crippen LogP contribution in [0.5, 0.6) is 0 Å². The van der Waals surface area contributed by atoms with Crippen molar-refractivity contribution in [2.24, 2.45) is 0 Å². The maximum absolute atomic E-state index is 11.7. The number of benzene rings is 2. The summed E-state index contributed by atoms with van der Waals surface area (Å²) in [5.74, 6) is -0.0739. The molecule has 2 aromatic carbocycles. The summed E-state index contributed by atoms with van der Waals surface area (Å²) in [5.41, 5.74) is 3.75. The molecular weight excluding hydrogens is 301 g/mol. The van der Waals surface area contributed by atoms with Gasteiger partial charge < -0.3 is 16.0 Å². The predicted octanol–water partition coefficient (Wildman–Crippen LogP) is 1.89. The van der Waals surface area contributed by atoms with Gasteiger partial charge in [-0.2, -0.15) is 0 Å². The van der Waals surface area contributed by atoms with Crippen molar-refractivity contribution in [1.29, 1.82) is 0 Å². The molecule has 0 unspecified atom stereocenters. The Hall–Kier alpha value is -2.76. The third-order valence-electron chi connectivity index (χ3n) is 3.47. The van der Waals surface area contributed by atoms with Crippen molar-refractivity contribution in [2.45, 2.75) is 13.2 Å². The zero-order valence-electron chi connectivity index (χ0n) is 14.1. The molecule has 0 aliphatic heterocycles. The third kappa shape index (κ3) is 5.46. The van der Waals surface area contributed by atoms with Crippen molar-refractivity contribution in [1.82, 2.24) is 5.32 Å². The topological polar surface area (TPSA) is 70.2 Å². The molecule has 0 saturated carbocycles. The van der Waals surface area contributed by atoms with E-state index in [9.17, 15) is 9.59 Å². The molecular formula is C18H22BN3O2. The second-order valence-corrected chi connectivity index (χ2v) is 5.48. The molecule has 0 aromatic heterocycles. The number of carbonyl (C=O) groups is 2. The summed E-state index contributed by atoms with van der Waals surface area (Å²) in [5, 5.41) is 8.92. The number of nitrogens with one attached hydrogen (secondary N) is 3. The molecule has 0 heterocycles. The van der Waals surface area contributed by atoms with Crippen LogP contribution < -0.4 is 16.0 Å². The average Bonchev–Trinajstić information content (AvgIpc) is 2.59. The van der Waals surface area contributed by atoms with Gasteiger partial charge in [-0.3, -0.25) is 9.59 Å². The summed E-state index contributed by atoms with van der Waals surface area (Å²) < 4.78 is 0. The summed E-state index contributed by atoms with van der Waals surface area (Å²) in [6, 6.07) is 15.9. The molecule has 0 radical (unpaired) electrons. The van der Waals surface area contributed by atoms with E-state index >= 15 is 0 Å². The second-order valence-electron chi connectivity index (χ2n) is 5.48. The summed E-state index contributed by atoms with van der Waals surface area (Å²) in [6.45, 7) is 2.65. The van der Waals surface area contributed by atoms with Gasteiger partial charge in [0.1, 0.15) is 7.85 Å². The van der Waals surface area contributed by atoms with E-state index in [4.69, 9.17) is 0 Å². The van der Waals surface area contributed by atoms with Gasteiger partial charge in [-0.05, 0) is 35.6 Å². The van der Waals surface area contributed by atoms with E-state index in [1.165, 1.54) is 6.92 Å². The standard InChI is InChI=1S/C18H22BN3O2/c1-13(23)20-7-8-21-16-9-15(14-5-3-2-4-6-14)10-17(11-16)22-18(24)12-19/h2-6,9-11,21H,7-8,12,19H2,1H3,(H,20,23)(H,22,24). The SMILES string of the molecule is BCC(=O)Nc1cc(NCCNC(C)=O)cc(-c2ccccc2)c1. The van der Waals surface area contributed by atoms with Gasteiger partial charge in [-0.25, -0.2) is 0 Å². The minimum Gasteiger partial charge on any atom is -0.383 e. The number of amides is 2. The van der Waals surface area contributed by atoms with E-state index in [-0.39, 0.29) is 11.8 Å². The van der Waals surface area contributed by atoms with E-state index < -0.39 is 0 Å². The molecule has 5 nitrogen and oxygen atoms in total. The Balaban J connectivity index is 2.20. The first-order valence-electron chi connectivity index (χ1n) is 8.07. The molecule has 0 saturated heterocycles. The van der Waals surface area contributed by atoms with Gasteiger partial charge in [0.15, 0.2) is 0 Å². The summed E-state index contributed by atoms with van der Waals surface area (Å²) in [4.78, 5) is 22.6. The van der Waals surface area contributed by atoms with Crippen molar-refractivity contribution >= 4 is 31.0 Å². The first kappa shape index (κ1) is 17.6. The van der Waals surface area contributed by atoms with Crippen LogP contribution in [-0.4, -0.2) is 32.8 Å². The van der Waals surface area contributed by atoms with Crippen molar-refractivity contribution in [3.63, 3.8) is 0 Å². The van der Waals surface area contributed by atoms with Crippen molar-refractivity contribution in [2.75, 3.05) is 23.7 Å². The van der Waals surface area contributed by atoms with Gasteiger partial charge in [-0.1, -0.05) is 30.3 Å². The molecule has 2 aromatic rings. The molecule has 0 atom stereocenters. The number of hydrogen-bond acceptors (Lipinski definition) is 3. The van der Waals surface area contributed by atoms with E-state index in [2.05, 4.69) is 16.0 Å². The normalized spacial score (nSPS) is 10.0. The summed E-state index contributed by atoms with van der Waals surface area (Å²) in [7, 11) is 1.82. The minimum absolute atomic E-state index is 0.0237. The molecule has 0 aliphatic carbocycles. The fourth-order valence-electron chi connectivity index (χ4n) is 2.29. The molecule has 2 rings (SSSR count). The van der Waals surface area contributed by atoms with Gasteiger partial charge in [0.2, 0.25) is 11.8 Å². The van der Waals surface area contributed by atoms with Gasteiger partial charge in [-0.15, -0.1) is 0 Å². The van der Waals surface area contributed by atoms with Crippen molar-refractivity contribution in [3.05, 3.63) is 48.5 Å². The lowest BCUT2D eigenvalue weighted by Gasteiger charge is -2.13. The van der Waals surface area contributed by atoms with Crippen LogP contribution in [0.1, 0.15) is 6.92 Å². The Labute approximate surface area is 143 Å². The van der Waals surface area contributed by atoms with Gasteiger partial charge in [0.25, 0.3) is 0 Å². The Morgan fingerprint density at radius 1 is 0.958 bits per heavy atom. The Kier molecular flexibility index (Phi) is 6.43. The number of hydrogen-bond donors (Lipinski definition) is 3. The Bertz CT molecular complexity index is 705. The van der Waals surface area contributed by atoms with Gasteiger partial charge in [0.05, 0.1) is 0 Å². The largest absolute Gasteiger partial charge is 0.383 e.